The van der Waals surface area contributed by atoms with Crippen molar-refractivity contribution in [1.29, 1.82) is 0 Å². The number of methoxy groups -OCH3 is 1. The van der Waals surface area contributed by atoms with Gasteiger partial charge in [0, 0.05) is 31.0 Å². The van der Waals surface area contributed by atoms with Crippen molar-refractivity contribution in [3.8, 4) is 5.75 Å². The fourth-order valence-corrected chi connectivity index (χ4v) is 2.07. The summed E-state index contributed by atoms with van der Waals surface area (Å²) >= 11 is 0. The van der Waals surface area contributed by atoms with E-state index < -0.39 is 6.10 Å². The molecule has 1 atom stereocenters. The van der Waals surface area contributed by atoms with Crippen molar-refractivity contribution in [1.82, 2.24) is 15.3 Å². The second-order valence-corrected chi connectivity index (χ2v) is 5.04. The second kappa shape index (κ2) is 7.15. The lowest BCUT2D eigenvalue weighted by molar-refractivity contribution is 0.170. The first kappa shape index (κ1) is 15.4. The third kappa shape index (κ3) is 4.24. The van der Waals surface area contributed by atoms with E-state index in [4.69, 9.17) is 4.74 Å². The highest BCUT2D eigenvalue weighted by atomic mass is 16.5. The van der Waals surface area contributed by atoms with E-state index in [-0.39, 0.29) is 0 Å². The Bertz CT molecular complexity index is 585. The van der Waals surface area contributed by atoms with E-state index in [1.807, 2.05) is 32.0 Å². The molecular formula is C16H21N3O2. The minimum absolute atomic E-state index is 0.426. The van der Waals surface area contributed by atoms with Crippen LogP contribution in [0.4, 0.5) is 0 Å². The molecule has 21 heavy (non-hydrogen) atoms. The number of nitrogens with zero attached hydrogens (tertiary/aromatic N) is 2. The predicted octanol–water partition coefficient (Wildman–Crippen LogP) is 1.93. The maximum Gasteiger partial charge on any atom is 0.124 e. The molecular weight excluding hydrogens is 266 g/mol. The topological polar surface area (TPSA) is 67.3 Å². The minimum Gasteiger partial charge on any atom is -0.496 e. The Hall–Kier alpha value is -1.98. The maximum absolute atomic E-state index is 10.3. The Morgan fingerprint density at radius 3 is 2.71 bits per heavy atom. The van der Waals surface area contributed by atoms with E-state index in [9.17, 15) is 5.11 Å². The molecule has 2 rings (SSSR count). The lowest BCUT2D eigenvalue weighted by atomic mass is 10.1. The zero-order valence-corrected chi connectivity index (χ0v) is 12.6. The van der Waals surface area contributed by atoms with Crippen LogP contribution in [0, 0.1) is 13.8 Å². The van der Waals surface area contributed by atoms with Crippen LogP contribution in [0.1, 0.15) is 28.6 Å². The van der Waals surface area contributed by atoms with E-state index in [0.717, 1.165) is 22.5 Å². The van der Waals surface area contributed by atoms with Gasteiger partial charge in [-0.25, -0.2) is 0 Å². The third-order valence-corrected chi connectivity index (χ3v) is 3.22. The molecule has 1 aromatic heterocycles. The van der Waals surface area contributed by atoms with Crippen molar-refractivity contribution < 1.29 is 9.84 Å². The number of aryl methyl sites for hydroxylation is 2. The smallest absolute Gasteiger partial charge is 0.124 e. The molecule has 1 unspecified atom stereocenters. The molecule has 0 bridgehead atoms. The molecule has 0 aliphatic rings. The van der Waals surface area contributed by atoms with E-state index in [1.165, 1.54) is 0 Å². The molecule has 2 aromatic rings. The zero-order valence-electron chi connectivity index (χ0n) is 12.6. The summed E-state index contributed by atoms with van der Waals surface area (Å²) in [4.78, 5) is 8.45. The van der Waals surface area contributed by atoms with Crippen LogP contribution in [0.25, 0.3) is 0 Å². The van der Waals surface area contributed by atoms with Crippen molar-refractivity contribution in [2.45, 2.75) is 26.5 Å². The van der Waals surface area contributed by atoms with E-state index in [1.54, 1.807) is 19.5 Å². The van der Waals surface area contributed by atoms with Crippen LogP contribution >= 0.6 is 0 Å². The minimum atomic E-state index is -0.627. The summed E-state index contributed by atoms with van der Waals surface area (Å²) < 4.78 is 5.29. The number of aromatic nitrogens is 2. The number of nitrogens with one attached hydrogen (secondary N) is 1. The predicted molar refractivity (Wildman–Crippen MR) is 81.2 cm³/mol. The van der Waals surface area contributed by atoms with Crippen LogP contribution in [0.15, 0.2) is 30.6 Å². The van der Waals surface area contributed by atoms with E-state index in [2.05, 4.69) is 15.3 Å². The van der Waals surface area contributed by atoms with Gasteiger partial charge in [0.25, 0.3) is 0 Å². The summed E-state index contributed by atoms with van der Waals surface area (Å²) in [5.41, 5.74) is 3.63. The van der Waals surface area contributed by atoms with Gasteiger partial charge in [-0.1, -0.05) is 11.6 Å². The average molecular weight is 287 g/mol. The van der Waals surface area contributed by atoms with E-state index >= 15 is 0 Å². The van der Waals surface area contributed by atoms with Gasteiger partial charge in [-0.15, -0.1) is 0 Å². The van der Waals surface area contributed by atoms with Gasteiger partial charge in [0.15, 0.2) is 0 Å². The van der Waals surface area contributed by atoms with Gasteiger partial charge < -0.3 is 15.2 Å². The number of aliphatic hydroxyl groups is 1. The first-order chi connectivity index (χ1) is 10.1. The average Bonchev–Trinajstić information content (AvgIpc) is 2.49. The quantitative estimate of drug-likeness (QED) is 0.849. The van der Waals surface area contributed by atoms with Crippen LogP contribution in [-0.4, -0.2) is 28.7 Å². The number of aliphatic hydroxyl groups excluding tert-OH is 1. The molecule has 0 aliphatic carbocycles. The number of hydrogen-bond acceptors (Lipinski definition) is 5. The number of rotatable bonds is 6. The molecule has 5 nitrogen and oxygen atoms in total. The van der Waals surface area contributed by atoms with Gasteiger partial charge in [0.2, 0.25) is 0 Å². The molecule has 0 aliphatic heterocycles. The van der Waals surface area contributed by atoms with Crippen molar-refractivity contribution in [3.63, 3.8) is 0 Å². The lowest BCUT2D eigenvalue weighted by Gasteiger charge is -2.16. The molecule has 1 heterocycles. The monoisotopic (exact) mass is 287 g/mol. The highest BCUT2D eigenvalue weighted by molar-refractivity contribution is 5.38. The first-order valence-corrected chi connectivity index (χ1v) is 6.91. The van der Waals surface area contributed by atoms with Gasteiger partial charge in [0.05, 0.1) is 24.6 Å². The van der Waals surface area contributed by atoms with Crippen molar-refractivity contribution in [3.05, 3.63) is 53.1 Å². The molecule has 112 valence electrons. The normalized spacial score (nSPS) is 12.2. The summed E-state index contributed by atoms with van der Waals surface area (Å²) in [5.74, 6) is 0.699. The van der Waals surface area contributed by atoms with Crippen molar-refractivity contribution in [2.24, 2.45) is 0 Å². The van der Waals surface area contributed by atoms with Gasteiger partial charge in [-0.05, 0) is 26.0 Å². The van der Waals surface area contributed by atoms with Gasteiger partial charge in [0.1, 0.15) is 5.75 Å². The molecule has 0 saturated heterocycles. The lowest BCUT2D eigenvalue weighted by Crippen LogP contribution is -2.22. The number of ether oxygens (including phenoxy) is 1. The van der Waals surface area contributed by atoms with Crippen molar-refractivity contribution >= 4 is 0 Å². The third-order valence-electron chi connectivity index (χ3n) is 3.22. The zero-order chi connectivity index (χ0) is 15.2. The van der Waals surface area contributed by atoms with E-state index in [0.29, 0.717) is 18.8 Å². The molecule has 1 aromatic carbocycles. The Kier molecular flexibility index (Phi) is 5.25. The summed E-state index contributed by atoms with van der Waals surface area (Å²) in [5, 5.41) is 13.5. The Balaban J connectivity index is 1.94. The first-order valence-electron chi connectivity index (χ1n) is 6.91. The number of hydrogen-bond donors (Lipinski definition) is 2. The summed E-state index contributed by atoms with van der Waals surface area (Å²) in [6, 6.07) is 5.78. The van der Waals surface area contributed by atoms with Crippen LogP contribution in [0.2, 0.25) is 0 Å². The fraction of sp³-hybridized carbons (Fsp3) is 0.375. The standard InChI is InChI=1S/C16H21N3O2/c1-11-4-5-16(21-3)14(6-11)15(20)10-17-8-13-9-18-12(2)7-19-13/h4-7,9,15,17,20H,8,10H2,1-3H3. The summed E-state index contributed by atoms with van der Waals surface area (Å²) in [6.07, 6.45) is 2.84. The molecule has 0 spiro atoms. The molecule has 2 N–H and O–H groups in total. The highest BCUT2D eigenvalue weighted by Crippen LogP contribution is 2.25. The van der Waals surface area contributed by atoms with Crippen LogP contribution in [0.5, 0.6) is 5.75 Å². The Morgan fingerprint density at radius 1 is 1.24 bits per heavy atom. The Morgan fingerprint density at radius 2 is 2.05 bits per heavy atom. The second-order valence-electron chi connectivity index (χ2n) is 5.04. The van der Waals surface area contributed by atoms with Crippen LogP contribution in [-0.2, 0) is 6.54 Å². The molecule has 0 saturated carbocycles. The highest BCUT2D eigenvalue weighted by Gasteiger charge is 2.13. The molecule has 0 amide bonds. The summed E-state index contributed by atoms with van der Waals surface area (Å²) in [7, 11) is 1.61. The SMILES string of the molecule is COc1ccc(C)cc1C(O)CNCc1cnc(C)cn1. The number of benzene rings is 1. The maximum atomic E-state index is 10.3. The fourth-order valence-electron chi connectivity index (χ4n) is 2.07. The van der Waals surface area contributed by atoms with Gasteiger partial charge >= 0.3 is 0 Å². The van der Waals surface area contributed by atoms with Gasteiger partial charge in [-0.2, -0.15) is 0 Å². The van der Waals surface area contributed by atoms with Gasteiger partial charge in [-0.3, -0.25) is 9.97 Å². The molecule has 0 fully saturated rings. The Labute approximate surface area is 125 Å². The van der Waals surface area contributed by atoms with Crippen molar-refractivity contribution in [2.75, 3.05) is 13.7 Å². The summed E-state index contributed by atoms with van der Waals surface area (Å²) in [6.45, 7) is 4.89. The molecule has 5 heteroatoms. The largest absolute Gasteiger partial charge is 0.496 e. The van der Waals surface area contributed by atoms with Crippen LogP contribution in [0.3, 0.4) is 0 Å². The van der Waals surface area contributed by atoms with Crippen LogP contribution < -0.4 is 10.1 Å². The molecule has 0 radical (unpaired) electrons.